The Labute approximate surface area is 198 Å². The number of hydrogen-bond donors (Lipinski definition) is 2. The van der Waals surface area contributed by atoms with Crippen molar-refractivity contribution in [3.63, 3.8) is 0 Å². The van der Waals surface area contributed by atoms with Crippen LogP contribution in [0.15, 0.2) is 46.8 Å². The second kappa shape index (κ2) is 10.3. The number of carbonyl (C=O) groups excluding carboxylic acids is 1. The smallest absolute Gasteiger partial charge is 0.227 e. The summed E-state index contributed by atoms with van der Waals surface area (Å²) in [6, 6.07) is 7.33. The van der Waals surface area contributed by atoms with E-state index in [2.05, 4.69) is 37.2 Å². The number of nitrogens with zero attached hydrogens (tertiary/aromatic N) is 5. The second-order valence-corrected chi connectivity index (χ2v) is 8.20. The lowest BCUT2D eigenvalue weighted by atomic mass is 10.2. The maximum Gasteiger partial charge on any atom is 0.227 e. The van der Waals surface area contributed by atoms with Crippen molar-refractivity contribution in [3.05, 3.63) is 64.5 Å². The predicted octanol–water partition coefficient (Wildman–Crippen LogP) is 3.80. The SMILES string of the molecule is C=CCn1c(Cc2csc(NC(=O)CCc3nc(-c4ccc(OC)cc4)no3)n2)n[nH]c1=S. The summed E-state index contributed by atoms with van der Waals surface area (Å²) in [5, 5.41) is 16.2. The lowest BCUT2D eigenvalue weighted by molar-refractivity contribution is -0.116. The molecular weight excluding hydrogens is 462 g/mol. The fraction of sp³-hybridized carbons (Fsp3) is 0.238. The summed E-state index contributed by atoms with van der Waals surface area (Å²) >= 11 is 6.58. The van der Waals surface area contributed by atoms with Gasteiger partial charge >= 0.3 is 0 Å². The van der Waals surface area contributed by atoms with Crippen molar-refractivity contribution in [1.82, 2.24) is 29.9 Å². The van der Waals surface area contributed by atoms with Crippen molar-refractivity contribution in [1.29, 1.82) is 0 Å². The van der Waals surface area contributed by atoms with Gasteiger partial charge in [0.1, 0.15) is 11.6 Å². The van der Waals surface area contributed by atoms with E-state index >= 15 is 0 Å². The number of thiazole rings is 1. The maximum atomic E-state index is 12.3. The Balaban J connectivity index is 1.30. The first-order valence-electron chi connectivity index (χ1n) is 10.0. The largest absolute Gasteiger partial charge is 0.497 e. The quantitative estimate of drug-likeness (QED) is 0.258. The summed E-state index contributed by atoms with van der Waals surface area (Å²) in [4.78, 5) is 21.2. The molecule has 0 aliphatic heterocycles. The van der Waals surface area contributed by atoms with Crippen LogP contribution in [0.25, 0.3) is 11.4 Å². The van der Waals surface area contributed by atoms with Crippen LogP contribution >= 0.6 is 23.6 Å². The monoisotopic (exact) mass is 483 g/mol. The van der Waals surface area contributed by atoms with Gasteiger partial charge in [0, 0.05) is 30.3 Å². The van der Waals surface area contributed by atoms with Crippen molar-refractivity contribution in [2.24, 2.45) is 0 Å². The standard InChI is InChI=1S/C21H21N7O3S2/c1-3-10-28-16(25-26-21(28)32)11-14-12-33-20(22-14)23-17(29)8-9-18-24-19(27-31-18)13-4-6-15(30-2)7-5-13/h3-7,12H,1,8-11H2,2H3,(H,26,32)(H,22,23,29). The number of anilines is 1. The molecule has 0 aliphatic carbocycles. The minimum Gasteiger partial charge on any atom is -0.497 e. The molecule has 1 aromatic carbocycles. The number of aromatic amines is 1. The Bertz CT molecular complexity index is 1300. The highest BCUT2D eigenvalue weighted by Crippen LogP contribution is 2.21. The number of aryl methyl sites for hydroxylation is 1. The lowest BCUT2D eigenvalue weighted by Crippen LogP contribution is -2.12. The van der Waals surface area contributed by atoms with Gasteiger partial charge in [0.05, 0.1) is 19.2 Å². The summed E-state index contributed by atoms with van der Waals surface area (Å²) in [6.45, 7) is 4.30. The van der Waals surface area contributed by atoms with E-state index < -0.39 is 0 Å². The molecule has 0 unspecified atom stereocenters. The maximum absolute atomic E-state index is 12.3. The number of nitrogens with one attached hydrogen (secondary N) is 2. The van der Waals surface area contributed by atoms with Crippen molar-refractivity contribution < 1.29 is 14.1 Å². The van der Waals surface area contributed by atoms with Gasteiger partial charge in [-0.25, -0.2) is 4.98 Å². The normalized spacial score (nSPS) is 10.8. The highest BCUT2D eigenvalue weighted by molar-refractivity contribution is 7.71. The zero-order chi connectivity index (χ0) is 23.2. The molecular formula is C21H21N7O3S2. The number of carbonyl (C=O) groups is 1. The summed E-state index contributed by atoms with van der Waals surface area (Å²) < 4.78 is 12.8. The van der Waals surface area contributed by atoms with Crippen LogP contribution in [0.3, 0.4) is 0 Å². The molecule has 2 N–H and O–H groups in total. The van der Waals surface area contributed by atoms with Crippen LogP contribution in [-0.4, -0.2) is 42.9 Å². The van der Waals surface area contributed by atoms with Crippen LogP contribution in [0.1, 0.15) is 23.8 Å². The van der Waals surface area contributed by atoms with Gasteiger partial charge in [0.25, 0.3) is 0 Å². The Morgan fingerprint density at radius 1 is 1.36 bits per heavy atom. The molecule has 0 atom stereocenters. The fourth-order valence-corrected chi connectivity index (χ4v) is 3.98. The highest BCUT2D eigenvalue weighted by atomic mass is 32.1. The van der Waals surface area contributed by atoms with E-state index in [0.717, 1.165) is 22.8 Å². The molecule has 4 rings (SSSR count). The molecule has 0 radical (unpaired) electrons. The van der Waals surface area contributed by atoms with E-state index in [0.29, 0.717) is 41.0 Å². The summed E-state index contributed by atoms with van der Waals surface area (Å²) in [7, 11) is 1.61. The van der Waals surface area contributed by atoms with Gasteiger partial charge in [-0.3, -0.25) is 14.5 Å². The van der Waals surface area contributed by atoms with Gasteiger partial charge in [-0.1, -0.05) is 11.2 Å². The Hall–Kier alpha value is -3.64. The summed E-state index contributed by atoms with van der Waals surface area (Å²) in [5.41, 5.74) is 1.59. The summed E-state index contributed by atoms with van der Waals surface area (Å²) in [6.07, 6.45) is 2.76. The fourth-order valence-electron chi connectivity index (χ4n) is 3.03. The minimum absolute atomic E-state index is 0.186. The third kappa shape index (κ3) is 5.59. The average Bonchev–Trinajstić information content (AvgIpc) is 3.55. The Morgan fingerprint density at radius 2 is 2.18 bits per heavy atom. The number of amides is 1. The third-order valence-corrected chi connectivity index (χ3v) is 5.79. The number of methoxy groups -OCH3 is 1. The van der Waals surface area contributed by atoms with Gasteiger partial charge < -0.3 is 14.6 Å². The van der Waals surface area contributed by atoms with Gasteiger partial charge in [-0.15, -0.1) is 17.9 Å². The van der Waals surface area contributed by atoms with Crippen LogP contribution in [0.4, 0.5) is 5.13 Å². The van der Waals surface area contributed by atoms with Crippen LogP contribution in [-0.2, 0) is 24.2 Å². The average molecular weight is 484 g/mol. The first-order chi connectivity index (χ1) is 16.1. The summed E-state index contributed by atoms with van der Waals surface area (Å²) in [5.74, 6) is 2.17. The van der Waals surface area contributed by atoms with Crippen molar-refractivity contribution in [2.75, 3.05) is 12.4 Å². The Morgan fingerprint density at radius 3 is 2.94 bits per heavy atom. The van der Waals surface area contributed by atoms with E-state index in [-0.39, 0.29) is 12.3 Å². The molecule has 3 aromatic heterocycles. The van der Waals surface area contributed by atoms with Crippen LogP contribution < -0.4 is 10.1 Å². The number of H-pyrrole nitrogens is 1. The molecule has 0 aliphatic rings. The van der Waals surface area contributed by atoms with Crippen LogP contribution in [0.5, 0.6) is 5.75 Å². The molecule has 0 bridgehead atoms. The predicted molar refractivity (Wildman–Crippen MR) is 126 cm³/mol. The highest BCUT2D eigenvalue weighted by Gasteiger charge is 2.13. The molecule has 10 nitrogen and oxygen atoms in total. The molecule has 4 aromatic rings. The van der Waals surface area contributed by atoms with Gasteiger partial charge in [0.15, 0.2) is 9.90 Å². The molecule has 0 fully saturated rings. The molecule has 0 spiro atoms. The van der Waals surface area contributed by atoms with E-state index in [1.54, 1.807) is 13.2 Å². The Kier molecular flexibility index (Phi) is 7.05. The van der Waals surface area contributed by atoms with Crippen LogP contribution in [0.2, 0.25) is 0 Å². The van der Waals surface area contributed by atoms with Gasteiger partial charge in [0.2, 0.25) is 17.6 Å². The number of benzene rings is 1. The van der Waals surface area contributed by atoms with Gasteiger partial charge in [-0.05, 0) is 36.5 Å². The van der Waals surface area contributed by atoms with Crippen molar-refractivity contribution in [3.8, 4) is 17.1 Å². The zero-order valence-electron chi connectivity index (χ0n) is 17.8. The topological polar surface area (TPSA) is 124 Å². The van der Waals surface area contributed by atoms with Crippen LogP contribution in [0, 0.1) is 4.77 Å². The second-order valence-electron chi connectivity index (χ2n) is 6.95. The van der Waals surface area contributed by atoms with E-state index in [9.17, 15) is 4.79 Å². The van der Waals surface area contributed by atoms with Crippen molar-refractivity contribution in [2.45, 2.75) is 25.8 Å². The van der Waals surface area contributed by atoms with E-state index in [4.69, 9.17) is 21.5 Å². The third-order valence-electron chi connectivity index (χ3n) is 4.67. The molecule has 33 heavy (non-hydrogen) atoms. The number of allylic oxidation sites excluding steroid dienone is 1. The molecule has 12 heteroatoms. The zero-order valence-corrected chi connectivity index (χ0v) is 19.4. The van der Waals surface area contributed by atoms with Crippen molar-refractivity contribution >= 4 is 34.6 Å². The molecule has 0 saturated carbocycles. The number of hydrogen-bond acceptors (Lipinski definition) is 9. The number of rotatable bonds is 10. The molecule has 3 heterocycles. The molecule has 1 amide bonds. The minimum atomic E-state index is -0.186. The van der Waals surface area contributed by atoms with E-state index in [1.165, 1.54) is 11.3 Å². The first-order valence-corrected chi connectivity index (χ1v) is 11.3. The lowest BCUT2D eigenvalue weighted by Gasteiger charge is -2.02. The first kappa shape index (κ1) is 22.6. The number of aromatic nitrogens is 6. The number of ether oxygens (including phenoxy) is 1. The molecule has 170 valence electrons. The molecule has 0 saturated heterocycles. The van der Waals surface area contributed by atoms with E-state index in [1.807, 2.05) is 34.2 Å². The van der Waals surface area contributed by atoms with Gasteiger partial charge in [-0.2, -0.15) is 10.1 Å².